The van der Waals surface area contributed by atoms with Crippen LogP contribution in [0, 0.1) is 11.3 Å². The second-order valence-corrected chi connectivity index (χ2v) is 6.18. The van der Waals surface area contributed by atoms with E-state index in [0.29, 0.717) is 12.8 Å². The van der Waals surface area contributed by atoms with Crippen molar-refractivity contribution in [1.29, 1.82) is 5.26 Å². The summed E-state index contributed by atoms with van der Waals surface area (Å²) >= 11 is 0. The number of nitriles is 1. The van der Waals surface area contributed by atoms with Crippen molar-refractivity contribution in [1.82, 2.24) is 9.71 Å². The maximum Gasteiger partial charge on any atom is 0.242 e. The average Bonchev–Trinajstić information content (AvgIpc) is 2.45. The van der Waals surface area contributed by atoms with Gasteiger partial charge in [-0.25, -0.2) is 13.1 Å². The summed E-state index contributed by atoms with van der Waals surface area (Å²) in [5.41, 5.74) is 5.68. The minimum Gasteiger partial charge on any atom is -0.324 e. The van der Waals surface area contributed by atoms with Crippen LogP contribution in [0.4, 0.5) is 0 Å². The molecule has 0 unspecified atom stereocenters. The number of nitrogens with zero attached hydrogens (tertiary/aromatic N) is 2. The molecule has 0 aliphatic heterocycles. The Hall–Kier alpha value is -1.20. The Morgan fingerprint density at radius 3 is 2.50 bits per heavy atom. The van der Waals surface area contributed by atoms with Gasteiger partial charge in [0, 0.05) is 24.5 Å². The van der Waals surface area contributed by atoms with E-state index >= 15 is 0 Å². The van der Waals surface area contributed by atoms with Gasteiger partial charge in [0.1, 0.15) is 11.0 Å². The quantitative estimate of drug-likeness (QED) is 0.818. The maximum atomic E-state index is 12.1. The molecule has 1 aromatic rings. The number of nitrogens with two attached hydrogens (primary N) is 1. The highest BCUT2D eigenvalue weighted by Crippen LogP contribution is 2.13. The first-order valence-corrected chi connectivity index (χ1v) is 7.49. The fourth-order valence-electron chi connectivity index (χ4n) is 1.45. The molecule has 0 amide bonds. The van der Waals surface area contributed by atoms with Crippen molar-refractivity contribution in [3.8, 4) is 6.07 Å². The molecule has 8 heteroatoms. The molecule has 3 N–H and O–H groups in total. The van der Waals surface area contributed by atoms with Crippen LogP contribution in [0.15, 0.2) is 23.4 Å². The first kappa shape index (κ1) is 18.8. The van der Waals surface area contributed by atoms with E-state index in [1.54, 1.807) is 0 Å². The minimum absolute atomic E-state index is 0. The molecule has 0 bridgehead atoms. The van der Waals surface area contributed by atoms with E-state index in [4.69, 9.17) is 11.0 Å². The minimum atomic E-state index is -3.69. The van der Waals surface area contributed by atoms with Crippen molar-refractivity contribution in [2.24, 2.45) is 5.73 Å². The lowest BCUT2D eigenvalue weighted by Gasteiger charge is -2.26. The van der Waals surface area contributed by atoms with Crippen molar-refractivity contribution in [2.75, 3.05) is 6.54 Å². The van der Waals surface area contributed by atoms with E-state index in [0.717, 1.165) is 0 Å². The number of halogens is 1. The number of rotatable bonds is 6. The molecule has 0 aliphatic rings. The zero-order valence-electron chi connectivity index (χ0n) is 11.5. The van der Waals surface area contributed by atoms with Crippen LogP contribution in [0.1, 0.15) is 32.3 Å². The van der Waals surface area contributed by atoms with E-state index in [-0.39, 0.29) is 29.4 Å². The van der Waals surface area contributed by atoms with E-state index in [2.05, 4.69) is 9.71 Å². The molecule has 0 radical (unpaired) electrons. The van der Waals surface area contributed by atoms with Crippen LogP contribution in [0.25, 0.3) is 0 Å². The van der Waals surface area contributed by atoms with Crippen LogP contribution < -0.4 is 10.5 Å². The third kappa shape index (κ3) is 4.72. The van der Waals surface area contributed by atoms with Gasteiger partial charge < -0.3 is 5.73 Å². The zero-order valence-corrected chi connectivity index (χ0v) is 13.1. The Morgan fingerprint density at radius 2 is 2.00 bits per heavy atom. The Labute approximate surface area is 125 Å². The lowest BCUT2D eigenvalue weighted by Crippen LogP contribution is -2.49. The van der Waals surface area contributed by atoms with Crippen LogP contribution in [-0.4, -0.2) is 25.5 Å². The molecule has 1 heterocycles. The molecule has 0 saturated heterocycles. The number of nitrogens with one attached hydrogen (secondary N) is 1. The predicted octanol–water partition coefficient (Wildman–Crippen LogP) is 1.17. The van der Waals surface area contributed by atoms with Gasteiger partial charge in [-0.05, 0) is 18.9 Å². The summed E-state index contributed by atoms with van der Waals surface area (Å²) < 4.78 is 26.6. The van der Waals surface area contributed by atoms with Crippen molar-refractivity contribution in [2.45, 2.75) is 37.1 Å². The summed E-state index contributed by atoms with van der Waals surface area (Å²) in [6.07, 6.45) is 3.86. The summed E-state index contributed by atoms with van der Waals surface area (Å²) in [5.74, 6) is 0. The van der Waals surface area contributed by atoms with Gasteiger partial charge in [0.2, 0.25) is 10.0 Å². The summed E-state index contributed by atoms with van der Waals surface area (Å²) in [7, 11) is -3.69. The number of hydrogen-bond donors (Lipinski definition) is 2. The lowest BCUT2D eigenvalue weighted by atomic mass is 9.95. The smallest absolute Gasteiger partial charge is 0.242 e. The van der Waals surface area contributed by atoms with Crippen LogP contribution in [0.3, 0.4) is 0 Å². The average molecular weight is 319 g/mol. The summed E-state index contributed by atoms with van der Waals surface area (Å²) in [6, 6.07) is 3.14. The van der Waals surface area contributed by atoms with Crippen LogP contribution in [-0.2, 0) is 10.0 Å². The highest BCUT2D eigenvalue weighted by Gasteiger charge is 2.24. The monoisotopic (exact) mass is 318 g/mol. The molecule has 20 heavy (non-hydrogen) atoms. The maximum absolute atomic E-state index is 12.1. The number of aromatic nitrogens is 1. The van der Waals surface area contributed by atoms with Crippen LogP contribution in [0.2, 0.25) is 0 Å². The van der Waals surface area contributed by atoms with Gasteiger partial charge in [0.15, 0.2) is 0 Å². The van der Waals surface area contributed by atoms with Gasteiger partial charge in [-0.1, -0.05) is 13.8 Å². The van der Waals surface area contributed by atoms with Crippen molar-refractivity contribution >= 4 is 22.4 Å². The summed E-state index contributed by atoms with van der Waals surface area (Å²) in [6.45, 7) is 3.98. The topological polar surface area (TPSA) is 109 Å². The molecular weight excluding hydrogens is 300 g/mol. The predicted molar refractivity (Wildman–Crippen MR) is 78.9 cm³/mol. The second-order valence-electron chi connectivity index (χ2n) is 4.42. The van der Waals surface area contributed by atoms with Crippen molar-refractivity contribution in [3.05, 3.63) is 24.0 Å². The largest absolute Gasteiger partial charge is 0.324 e. The molecule has 0 spiro atoms. The van der Waals surface area contributed by atoms with E-state index in [9.17, 15) is 8.42 Å². The molecule has 6 nitrogen and oxygen atoms in total. The Balaban J connectivity index is 0.00000361. The fraction of sp³-hybridized carbons (Fsp3) is 0.500. The summed E-state index contributed by atoms with van der Waals surface area (Å²) in [4.78, 5) is 3.71. The third-order valence-corrected chi connectivity index (χ3v) is 4.54. The molecule has 1 aromatic heterocycles. The summed E-state index contributed by atoms with van der Waals surface area (Å²) in [5, 5.41) is 8.74. The van der Waals surface area contributed by atoms with Gasteiger partial charge in [-0.2, -0.15) is 5.26 Å². The van der Waals surface area contributed by atoms with Gasteiger partial charge >= 0.3 is 0 Å². The van der Waals surface area contributed by atoms with Gasteiger partial charge in [-0.15, -0.1) is 12.4 Å². The number of sulfonamides is 1. The Kier molecular flexibility index (Phi) is 7.09. The van der Waals surface area contributed by atoms with E-state index in [1.807, 2.05) is 19.9 Å². The molecule has 0 aliphatic carbocycles. The normalized spacial score (nSPS) is 11.5. The Bertz CT molecular complexity index is 579. The highest BCUT2D eigenvalue weighted by molar-refractivity contribution is 7.89. The standard InChI is InChI=1S/C12H18N4O2S.ClH/c1-3-12(14,4-2)9-16-19(17,18)11-5-10(6-13)7-15-8-11;/h5,7-8,16H,3-4,9,14H2,1-2H3;1H. The fourth-order valence-corrected chi connectivity index (χ4v) is 2.57. The van der Waals surface area contributed by atoms with Crippen molar-refractivity contribution < 1.29 is 8.42 Å². The molecule has 112 valence electrons. The molecule has 0 aromatic carbocycles. The highest BCUT2D eigenvalue weighted by atomic mass is 35.5. The zero-order chi connectivity index (χ0) is 14.5. The van der Waals surface area contributed by atoms with E-state index < -0.39 is 15.6 Å². The molecule has 0 saturated carbocycles. The number of hydrogen-bond acceptors (Lipinski definition) is 5. The second kappa shape index (κ2) is 7.55. The lowest BCUT2D eigenvalue weighted by molar-refractivity contribution is 0.391. The van der Waals surface area contributed by atoms with Crippen LogP contribution in [0.5, 0.6) is 0 Å². The SMILES string of the molecule is CCC(N)(CC)CNS(=O)(=O)c1cncc(C#N)c1.Cl. The molecule has 1 rings (SSSR count). The van der Waals surface area contributed by atoms with Crippen LogP contribution >= 0.6 is 12.4 Å². The van der Waals surface area contributed by atoms with Gasteiger partial charge in [0.25, 0.3) is 0 Å². The first-order valence-electron chi connectivity index (χ1n) is 6.00. The van der Waals surface area contributed by atoms with E-state index in [1.165, 1.54) is 18.5 Å². The third-order valence-electron chi connectivity index (χ3n) is 3.18. The molecule has 0 atom stereocenters. The van der Waals surface area contributed by atoms with Gasteiger partial charge in [-0.3, -0.25) is 4.98 Å². The van der Waals surface area contributed by atoms with Gasteiger partial charge in [0.05, 0.1) is 5.56 Å². The van der Waals surface area contributed by atoms with Crippen molar-refractivity contribution in [3.63, 3.8) is 0 Å². The molecular formula is C12H19ClN4O2S. The first-order chi connectivity index (χ1) is 8.87. The number of pyridine rings is 1. The Morgan fingerprint density at radius 1 is 1.40 bits per heavy atom. The molecule has 0 fully saturated rings.